The second kappa shape index (κ2) is 8.28. The first-order valence-corrected chi connectivity index (χ1v) is 9.03. The first kappa shape index (κ1) is 17.7. The van der Waals surface area contributed by atoms with Crippen LogP contribution in [-0.4, -0.2) is 47.2 Å². The second-order valence-corrected chi connectivity index (χ2v) is 6.99. The zero-order valence-electron chi connectivity index (χ0n) is 13.1. The van der Waals surface area contributed by atoms with E-state index in [4.69, 9.17) is 9.47 Å². The lowest BCUT2D eigenvalue weighted by Gasteiger charge is -2.15. The monoisotopic (exact) mass is 342 g/mol. The van der Waals surface area contributed by atoms with E-state index in [1.807, 2.05) is 0 Å². The molecule has 0 radical (unpaired) electrons. The number of ether oxygens (including phenoxy) is 2. The maximum absolute atomic E-state index is 12.4. The van der Waals surface area contributed by atoms with Crippen LogP contribution < -0.4 is 14.8 Å². The fourth-order valence-corrected chi connectivity index (χ4v) is 3.49. The molecule has 128 valence electrons. The first-order valence-electron chi connectivity index (χ1n) is 7.55. The van der Waals surface area contributed by atoms with Gasteiger partial charge >= 0.3 is 0 Å². The third kappa shape index (κ3) is 5.19. The minimum absolute atomic E-state index is 0.105. The number of carbonyl (C=O) groups is 1. The largest absolute Gasteiger partial charge is 0.491 e. The number of sulfonamides is 1. The average Bonchev–Trinajstić information content (AvgIpc) is 2.73. The molecule has 1 fully saturated rings. The highest BCUT2D eigenvalue weighted by Crippen LogP contribution is 2.17. The van der Waals surface area contributed by atoms with E-state index in [1.165, 1.54) is 12.1 Å². The summed E-state index contributed by atoms with van der Waals surface area (Å²) >= 11 is 0. The lowest BCUT2D eigenvalue weighted by atomic mass is 10.1. The first-order chi connectivity index (χ1) is 11.0. The standard InChI is InChI=1S/C15H22N2O5S/c1-21-10-11-22-12-5-7-13(8-6-12)23(19,20)17-14-4-2-3-9-16-15(14)18/h5-8,14,17H,2-4,9-11H2,1H3,(H,16,18). The van der Waals surface area contributed by atoms with E-state index in [2.05, 4.69) is 10.0 Å². The number of benzene rings is 1. The molecule has 1 atom stereocenters. The molecule has 0 saturated carbocycles. The number of hydrogen-bond donors (Lipinski definition) is 2. The molecular formula is C15H22N2O5S. The number of methoxy groups -OCH3 is 1. The topological polar surface area (TPSA) is 93.7 Å². The van der Waals surface area contributed by atoms with E-state index in [9.17, 15) is 13.2 Å². The molecule has 0 spiro atoms. The van der Waals surface area contributed by atoms with Gasteiger partial charge in [-0.15, -0.1) is 0 Å². The van der Waals surface area contributed by atoms with Crippen molar-refractivity contribution in [1.82, 2.24) is 10.0 Å². The van der Waals surface area contributed by atoms with E-state index < -0.39 is 16.1 Å². The Bertz CT molecular complexity index is 615. The van der Waals surface area contributed by atoms with Crippen LogP contribution in [0.3, 0.4) is 0 Å². The number of rotatable bonds is 7. The van der Waals surface area contributed by atoms with Gasteiger partial charge in [-0.1, -0.05) is 0 Å². The fraction of sp³-hybridized carbons (Fsp3) is 0.533. The molecule has 0 bridgehead atoms. The van der Waals surface area contributed by atoms with Crippen molar-refractivity contribution < 1.29 is 22.7 Å². The van der Waals surface area contributed by atoms with Gasteiger partial charge in [-0.05, 0) is 43.5 Å². The van der Waals surface area contributed by atoms with Gasteiger partial charge in [-0.3, -0.25) is 4.79 Å². The molecule has 8 heteroatoms. The summed E-state index contributed by atoms with van der Waals surface area (Å²) in [4.78, 5) is 12.0. The molecule has 1 heterocycles. The van der Waals surface area contributed by atoms with Crippen LogP contribution in [0.4, 0.5) is 0 Å². The normalized spacial score (nSPS) is 19.0. The molecule has 1 aromatic rings. The van der Waals surface area contributed by atoms with Crippen LogP contribution in [0.25, 0.3) is 0 Å². The van der Waals surface area contributed by atoms with Gasteiger partial charge in [0.2, 0.25) is 15.9 Å². The molecule has 1 aliphatic heterocycles. The second-order valence-electron chi connectivity index (χ2n) is 5.27. The highest BCUT2D eigenvalue weighted by atomic mass is 32.2. The Morgan fingerprint density at radius 1 is 1.22 bits per heavy atom. The summed E-state index contributed by atoms with van der Waals surface area (Å²) in [6.45, 7) is 1.44. The Hall–Kier alpha value is -1.64. The summed E-state index contributed by atoms with van der Waals surface area (Å²) in [7, 11) is -2.16. The molecule has 1 saturated heterocycles. The SMILES string of the molecule is COCCOc1ccc(S(=O)(=O)NC2CCCCNC2=O)cc1. The van der Waals surface area contributed by atoms with E-state index in [1.54, 1.807) is 19.2 Å². The summed E-state index contributed by atoms with van der Waals surface area (Å²) in [6.07, 6.45) is 2.17. The van der Waals surface area contributed by atoms with E-state index in [-0.39, 0.29) is 10.8 Å². The van der Waals surface area contributed by atoms with Crippen LogP contribution in [0.1, 0.15) is 19.3 Å². The fourth-order valence-electron chi connectivity index (χ4n) is 2.26. The van der Waals surface area contributed by atoms with Gasteiger partial charge in [-0.25, -0.2) is 8.42 Å². The predicted octanol–water partition coefficient (Wildman–Crippen LogP) is 0.659. The van der Waals surface area contributed by atoms with Crippen molar-refractivity contribution in [3.05, 3.63) is 24.3 Å². The highest BCUT2D eigenvalue weighted by molar-refractivity contribution is 7.89. The van der Waals surface area contributed by atoms with E-state index in [0.717, 1.165) is 12.8 Å². The molecular weight excluding hydrogens is 320 g/mol. The number of carbonyl (C=O) groups excluding carboxylic acids is 1. The van der Waals surface area contributed by atoms with Crippen LogP contribution in [0.15, 0.2) is 29.2 Å². The van der Waals surface area contributed by atoms with Crippen molar-refractivity contribution in [2.75, 3.05) is 26.9 Å². The van der Waals surface area contributed by atoms with Gasteiger partial charge in [0, 0.05) is 13.7 Å². The van der Waals surface area contributed by atoms with Crippen molar-refractivity contribution in [3.63, 3.8) is 0 Å². The van der Waals surface area contributed by atoms with Gasteiger partial charge in [-0.2, -0.15) is 4.72 Å². The molecule has 0 aromatic heterocycles. The summed E-state index contributed by atoms with van der Waals surface area (Å²) < 4.78 is 37.5. The van der Waals surface area contributed by atoms with Gasteiger partial charge in [0.15, 0.2) is 0 Å². The quantitative estimate of drug-likeness (QED) is 0.710. The summed E-state index contributed by atoms with van der Waals surface area (Å²) in [6, 6.07) is 5.35. The molecule has 2 rings (SSSR count). The lowest BCUT2D eigenvalue weighted by Crippen LogP contribution is -2.45. The third-order valence-electron chi connectivity index (χ3n) is 3.52. The number of hydrogen-bond acceptors (Lipinski definition) is 5. The van der Waals surface area contributed by atoms with Crippen LogP contribution in [0.5, 0.6) is 5.75 Å². The lowest BCUT2D eigenvalue weighted by molar-refractivity contribution is -0.122. The van der Waals surface area contributed by atoms with Gasteiger partial charge < -0.3 is 14.8 Å². The Morgan fingerprint density at radius 3 is 2.65 bits per heavy atom. The van der Waals surface area contributed by atoms with E-state index in [0.29, 0.717) is 31.9 Å². The molecule has 1 aliphatic rings. The Morgan fingerprint density at radius 2 is 1.96 bits per heavy atom. The molecule has 1 aromatic carbocycles. The summed E-state index contributed by atoms with van der Waals surface area (Å²) in [5.74, 6) is 0.291. The van der Waals surface area contributed by atoms with Gasteiger partial charge in [0.25, 0.3) is 0 Å². The zero-order chi connectivity index (χ0) is 16.7. The minimum Gasteiger partial charge on any atom is -0.491 e. The van der Waals surface area contributed by atoms with Gasteiger partial charge in [0.1, 0.15) is 18.4 Å². The maximum atomic E-state index is 12.4. The number of nitrogens with one attached hydrogen (secondary N) is 2. The maximum Gasteiger partial charge on any atom is 0.241 e. The van der Waals surface area contributed by atoms with Crippen molar-refractivity contribution in [2.45, 2.75) is 30.2 Å². The predicted molar refractivity (Wildman–Crippen MR) is 84.8 cm³/mol. The minimum atomic E-state index is -3.74. The third-order valence-corrected chi connectivity index (χ3v) is 5.01. The van der Waals surface area contributed by atoms with Crippen LogP contribution in [0.2, 0.25) is 0 Å². The molecule has 1 unspecified atom stereocenters. The number of amides is 1. The Kier molecular flexibility index (Phi) is 6.37. The zero-order valence-corrected chi connectivity index (χ0v) is 13.9. The van der Waals surface area contributed by atoms with Crippen LogP contribution in [-0.2, 0) is 19.6 Å². The van der Waals surface area contributed by atoms with Crippen molar-refractivity contribution >= 4 is 15.9 Å². The molecule has 0 aliphatic carbocycles. The van der Waals surface area contributed by atoms with Crippen molar-refractivity contribution in [1.29, 1.82) is 0 Å². The van der Waals surface area contributed by atoms with E-state index >= 15 is 0 Å². The Labute approximate surface area is 136 Å². The molecule has 23 heavy (non-hydrogen) atoms. The van der Waals surface area contributed by atoms with Crippen molar-refractivity contribution in [2.24, 2.45) is 0 Å². The molecule has 1 amide bonds. The molecule has 2 N–H and O–H groups in total. The summed E-state index contributed by atoms with van der Waals surface area (Å²) in [5.41, 5.74) is 0. The smallest absolute Gasteiger partial charge is 0.241 e. The van der Waals surface area contributed by atoms with Crippen molar-refractivity contribution in [3.8, 4) is 5.75 Å². The van der Waals surface area contributed by atoms with Crippen LogP contribution in [0, 0.1) is 0 Å². The Balaban J connectivity index is 2.02. The summed E-state index contributed by atoms with van der Waals surface area (Å²) in [5, 5.41) is 2.71. The highest BCUT2D eigenvalue weighted by Gasteiger charge is 2.26. The van der Waals surface area contributed by atoms with Crippen LogP contribution >= 0.6 is 0 Å². The average molecular weight is 342 g/mol. The molecule has 7 nitrogen and oxygen atoms in total. The van der Waals surface area contributed by atoms with Gasteiger partial charge in [0.05, 0.1) is 11.5 Å².